The minimum absolute atomic E-state index is 0.225. The number of nitrogens with two attached hydrogens (primary N) is 1. The van der Waals surface area contributed by atoms with E-state index in [4.69, 9.17) is 10.5 Å². The van der Waals surface area contributed by atoms with Gasteiger partial charge in [-0.15, -0.1) is 0 Å². The molecule has 0 aromatic rings. The third-order valence-electron chi connectivity index (χ3n) is 2.92. The van der Waals surface area contributed by atoms with Crippen molar-refractivity contribution in [2.24, 2.45) is 11.7 Å². The molecule has 1 atom stereocenters. The van der Waals surface area contributed by atoms with Crippen LogP contribution >= 0.6 is 0 Å². The molecule has 0 aliphatic heterocycles. The van der Waals surface area contributed by atoms with Gasteiger partial charge in [-0.05, 0) is 25.8 Å². The molecule has 0 amide bonds. The van der Waals surface area contributed by atoms with Crippen molar-refractivity contribution in [3.05, 3.63) is 0 Å². The first-order valence-corrected chi connectivity index (χ1v) is 5.67. The molecule has 3 nitrogen and oxygen atoms in total. The van der Waals surface area contributed by atoms with Crippen LogP contribution in [0.3, 0.4) is 0 Å². The van der Waals surface area contributed by atoms with Gasteiger partial charge >= 0.3 is 0 Å². The number of hydrogen-bond acceptors (Lipinski definition) is 3. The van der Waals surface area contributed by atoms with Crippen LogP contribution < -0.4 is 5.73 Å². The zero-order valence-corrected chi connectivity index (χ0v) is 9.70. The fourth-order valence-corrected chi connectivity index (χ4v) is 1.58. The first-order valence-electron chi connectivity index (χ1n) is 5.67. The van der Waals surface area contributed by atoms with Crippen molar-refractivity contribution in [3.63, 3.8) is 0 Å². The lowest BCUT2D eigenvalue weighted by Gasteiger charge is -2.22. The number of hydrogen-bond donors (Lipinski definition) is 1. The summed E-state index contributed by atoms with van der Waals surface area (Å²) < 4.78 is 5.73. The van der Waals surface area contributed by atoms with E-state index in [1.165, 1.54) is 12.8 Å². The van der Waals surface area contributed by atoms with Crippen LogP contribution in [0.25, 0.3) is 0 Å². The largest absolute Gasteiger partial charge is 0.375 e. The summed E-state index contributed by atoms with van der Waals surface area (Å²) in [6.45, 7) is 6.79. The van der Waals surface area contributed by atoms with Gasteiger partial charge in [-0.2, -0.15) is 0 Å². The normalized spacial score (nSPS) is 19.3. The third kappa shape index (κ3) is 3.95. The number of ether oxygens (including phenoxy) is 1. The fourth-order valence-electron chi connectivity index (χ4n) is 1.58. The van der Waals surface area contributed by atoms with Crippen LogP contribution in [0.2, 0.25) is 0 Å². The molecule has 0 aromatic heterocycles. The average Bonchev–Trinajstić information content (AvgIpc) is 2.94. The van der Waals surface area contributed by atoms with Crippen molar-refractivity contribution >= 4 is 0 Å². The van der Waals surface area contributed by atoms with E-state index in [0.29, 0.717) is 12.5 Å². The van der Waals surface area contributed by atoms with Gasteiger partial charge in [0.15, 0.2) is 0 Å². The fraction of sp³-hybridized carbons (Fsp3) is 1.00. The van der Waals surface area contributed by atoms with Gasteiger partial charge in [-0.25, -0.2) is 0 Å². The standard InChI is InChI=1S/C11H24N2O/c1-9(2)11(8-12)14-7-6-13(3)10-4-5-10/h9-11H,4-8,12H2,1-3H3. The molecule has 1 aliphatic carbocycles. The second-order valence-electron chi connectivity index (χ2n) is 4.60. The number of rotatable bonds is 7. The van der Waals surface area contributed by atoms with Crippen LogP contribution in [0, 0.1) is 5.92 Å². The summed E-state index contributed by atoms with van der Waals surface area (Å²) in [7, 11) is 2.17. The lowest BCUT2D eigenvalue weighted by Crippen LogP contribution is -2.33. The van der Waals surface area contributed by atoms with Crippen molar-refractivity contribution in [2.75, 3.05) is 26.7 Å². The molecule has 2 N–H and O–H groups in total. The Kier molecular flexibility index (Phi) is 4.85. The molecule has 14 heavy (non-hydrogen) atoms. The van der Waals surface area contributed by atoms with Crippen LogP contribution in [0.1, 0.15) is 26.7 Å². The Bertz CT molecular complexity index is 157. The van der Waals surface area contributed by atoms with Crippen LogP contribution in [0.5, 0.6) is 0 Å². The molecule has 84 valence electrons. The van der Waals surface area contributed by atoms with Gasteiger partial charge in [0, 0.05) is 19.1 Å². The van der Waals surface area contributed by atoms with E-state index in [0.717, 1.165) is 19.2 Å². The Balaban J connectivity index is 2.06. The van der Waals surface area contributed by atoms with Gasteiger partial charge in [0.05, 0.1) is 12.7 Å². The van der Waals surface area contributed by atoms with E-state index in [-0.39, 0.29) is 6.10 Å². The van der Waals surface area contributed by atoms with Gasteiger partial charge in [0.2, 0.25) is 0 Å². The van der Waals surface area contributed by atoms with Gasteiger partial charge in [0.25, 0.3) is 0 Å². The van der Waals surface area contributed by atoms with Crippen molar-refractivity contribution in [3.8, 4) is 0 Å². The van der Waals surface area contributed by atoms with E-state index in [2.05, 4.69) is 25.8 Å². The average molecular weight is 200 g/mol. The molecule has 1 fully saturated rings. The van der Waals surface area contributed by atoms with Crippen molar-refractivity contribution in [1.29, 1.82) is 0 Å². The smallest absolute Gasteiger partial charge is 0.0720 e. The first kappa shape index (κ1) is 12.0. The molecule has 1 rings (SSSR count). The Morgan fingerprint density at radius 2 is 2.07 bits per heavy atom. The molecule has 0 bridgehead atoms. The minimum atomic E-state index is 0.225. The van der Waals surface area contributed by atoms with Crippen molar-refractivity contribution < 1.29 is 4.74 Å². The minimum Gasteiger partial charge on any atom is -0.375 e. The zero-order chi connectivity index (χ0) is 10.6. The Morgan fingerprint density at radius 1 is 1.43 bits per heavy atom. The Morgan fingerprint density at radius 3 is 2.50 bits per heavy atom. The molecular weight excluding hydrogens is 176 g/mol. The quantitative estimate of drug-likeness (QED) is 0.668. The monoisotopic (exact) mass is 200 g/mol. The summed E-state index contributed by atoms with van der Waals surface area (Å²) in [4.78, 5) is 2.38. The molecule has 0 spiro atoms. The summed E-state index contributed by atoms with van der Waals surface area (Å²) in [5.74, 6) is 0.520. The van der Waals surface area contributed by atoms with Crippen molar-refractivity contribution in [2.45, 2.75) is 38.8 Å². The molecule has 1 saturated carbocycles. The number of nitrogens with zero attached hydrogens (tertiary/aromatic N) is 1. The highest BCUT2D eigenvalue weighted by Crippen LogP contribution is 2.24. The van der Waals surface area contributed by atoms with E-state index in [1.54, 1.807) is 0 Å². The van der Waals surface area contributed by atoms with Gasteiger partial charge < -0.3 is 15.4 Å². The summed E-state index contributed by atoms with van der Waals surface area (Å²) in [6, 6.07) is 0.828. The highest BCUT2D eigenvalue weighted by atomic mass is 16.5. The SMILES string of the molecule is CC(C)C(CN)OCCN(C)C1CC1. The molecule has 0 radical (unpaired) electrons. The van der Waals surface area contributed by atoms with Crippen LogP contribution in [0.15, 0.2) is 0 Å². The van der Waals surface area contributed by atoms with Gasteiger partial charge in [-0.1, -0.05) is 13.8 Å². The third-order valence-corrected chi connectivity index (χ3v) is 2.92. The second-order valence-corrected chi connectivity index (χ2v) is 4.60. The van der Waals surface area contributed by atoms with Gasteiger partial charge in [0.1, 0.15) is 0 Å². The van der Waals surface area contributed by atoms with E-state index in [1.807, 2.05) is 0 Å². The summed E-state index contributed by atoms with van der Waals surface area (Å²) >= 11 is 0. The van der Waals surface area contributed by atoms with Gasteiger partial charge in [-0.3, -0.25) is 0 Å². The van der Waals surface area contributed by atoms with E-state index >= 15 is 0 Å². The Labute approximate surface area is 87.6 Å². The van der Waals surface area contributed by atoms with Crippen LogP contribution in [0.4, 0.5) is 0 Å². The zero-order valence-electron chi connectivity index (χ0n) is 9.70. The summed E-state index contributed by atoms with van der Waals surface area (Å²) in [5.41, 5.74) is 5.62. The molecule has 0 heterocycles. The predicted octanol–water partition coefficient (Wildman–Crippen LogP) is 1.08. The molecular formula is C11H24N2O. The molecule has 1 unspecified atom stereocenters. The molecule has 0 aromatic carbocycles. The second kappa shape index (κ2) is 5.69. The lowest BCUT2D eigenvalue weighted by atomic mass is 10.1. The van der Waals surface area contributed by atoms with Crippen LogP contribution in [-0.2, 0) is 4.74 Å². The maximum Gasteiger partial charge on any atom is 0.0720 e. The topological polar surface area (TPSA) is 38.5 Å². The molecule has 1 aliphatic rings. The maximum absolute atomic E-state index is 5.73. The molecule has 3 heteroatoms. The highest BCUT2D eigenvalue weighted by molar-refractivity contribution is 4.82. The Hall–Kier alpha value is -0.120. The number of likely N-dealkylation sites (N-methyl/N-ethyl adjacent to an activating group) is 1. The molecule has 0 saturated heterocycles. The maximum atomic E-state index is 5.73. The van der Waals surface area contributed by atoms with Crippen molar-refractivity contribution in [1.82, 2.24) is 4.90 Å². The lowest BCUT2D eigenvalue weighted by molar-refractivity contribution is 0.0182. The highest BCUT2D eigenvalue weighted by Gasteiger charge is 2.25. The van der Waals surface area contributed by atoms with Crippen LogP contribution in [-0.4, -0.2) is 43.8 Å². The summed E-state index contributed by atoms with van der Waals surface area (Å²) in [6.07, 6.45) is 2.95. The first-order chi connectivity index (χ1) is 6.65. The predicted molar refractivity (Wildman–Crippen MR) is 59.3 cm³/mol. The van der Waals surface area contributed by atoms with E-state index < -0.39 is 0 Å². The van der Waals surface area contributed by atoms with E-state index in [9.17, 15) is 0 Å². The summed E-state index contributed by atoms with van der Waals surface area (Å²) in [5, 5.41) is 0.